The minimum absolute atomic E-state index is 0.00366. The van der Waals surface area contributed by atoms with Crippen molar-refractivity contribution < 1.29 is 14.5 Å². The van der Waals surface area contributed by atoms with Gasteiger partial charge < -0.3 is 9.64 Å². The van der Waals surface area contributed by atoms with E-state index in [-0.39, 0.29) is 17.8 Å². The van der Waals surface area contributed by atoms with Crippen LogP contribution in [0.4, 0.5) is 10.5 Å². The van der Waals surface area contributed by atoms with Crippen molar-refractivity contribution in [3.05, 3.63) is 39.9 Å². The number of rotatable bonds is 3. The van der Waals surface area contributed by atoms with Crippen molar-refractivity contribution in [1.29, 1.82) is 0 Å². The van der Waals surface area contributed by atoms with E-state index in [0.29, 0.717) is 13.0 Å². The van der Waals surface area contributed by atoms with Crippen LogP contribution >= 0.6 is 0 Å². The topological polar surface area (TPSA) is 72.7 Å². The fourth-order valence-electron chi connectivity index (χ4n) is 1.75. The highest BCUT2D eigenvalue weighted by molar-refractivity contribution is 5.69. The van der Waals surface area contributed by atoms with Crippen LogP contribution in [-0.2, 0) is 11.2 Å². The van der Waals surface area contributed by atoms with Gasteiger partial charge in [-0.3, -0.25) is 10.1 Å². The van der Waals surface area contributed by atoms with Gasteiger partial charge in [0.25, 0.3) is 5.69 Å². The van der Waals surface area contributed by atoms with Gasteiger partial charge in [-0.1, -0.05) is 12.1 Å². The van der Waals surface area contributed by atoms with Gasteiger partial charge in [0, 0.05) is 19.2 Å². The Hall–Kier alpha value is -2.11. The third-order valence-corrected chi connectivity index (χ3v) is 2.85. The summed E-state index contributed by atoms with van der Waals surface area (Å²) >= 11 is 0. The molecule has 1 aromatic rings. The SMILES string of the molecule is CN1C(=O)OC[C@@H]1Cc1ccc([N+](=O)[O-])cc1. The zero-order valence-electron chi connectivity index (χ0n) is 9.33. The summed E-state index contributed by atoms with van der Waals surface area (Å²) in [5.41, 5.74) is 1.02. The molecule has 6 nitrogen and oxygen atoms in total. The minimum Gasteiger partial charge on any atom is -0.447 e. The number of benzene rings is 1. The van der Waals surface area contributed by atoms with Crippen molar-refractivity contribution in [1.82, 2.24) is 4.90 Å². The summed E-state index contributed by atoms with van der Waals surface area (Å²) in [7, 11) is 1.69. The Bertz CT molecular complexity index is 443. The molecular weight excluding hydrogens is 224 g/mol. The summed E-state index contributed by atoms with van der Waals surface area (Å²) in [6.45, 7) is 0.367. The molecule has 1 aliphatic heterocycles. The molecule has 0 radical (unpaired) electrons. The van der Waals surface area contributed by atoms with Crippen molar-refractivity contribution in [2.75, 3.05) is 13.7 Å². The normalized spacial score (nSPS) is 19.2. The van der Waals surface area contributed by atoms with Crippen molar-refractivity contribution in [2.45, 2.75) is 12.5 Å². The lowest BCUT2D eigenvalue weighted by molar-refractivity contribution is -0.384. The zero-order chi connectivity index (χ0) is 12.4. The number of non-ortho nitro benzene ring substituents is 1. The molecule has 2 rings (SSSR count). The largest absolute Gasteiger partial charge is 0.447 e. The lowest BCUT2D eigenvalue weighted by Gasteiger charge is -2.15. The lowest BCUT2D eigenvalue weighted by Crippen LogP contribution is -2.30. The molecule has 6 heteroatoms. The van der Waals surface area contributed by atoms with E-state index in [0.717, 1.165) is 5.56 Å². The van der Waals surface area contributed by atoms with E-state index >= 15 is 0 Å². The molecule has 0 unspecified atom stereocenters. The van der Waals surface area contributed by atoms with Gasteiger partial charge in [-0.25, -0.2) is 4.79 Å². The third-order valence-electron chi connectivity index (χ3n) is 2.85. The Labute approximate surface area is 97.9 Å². The van der Waals surface area contributed by atoms with Gasteiger partial charge in [0.05, 0.1) is 11.0 Å². The van der Waals surface area contributed by atoms with E-state index in [1.165, 1.54) is 12.1 Å². The van der Waals surface area contributed by atoms with Crippen LogP contribution in [0.2, 0.25) is 0 Å². The molecule has 1 amide bonds. The van der Waals surface area contributed by atoms with Crippen LogP contribution in [0.1, 0.15) is 5.56 Å². The van der Waals surface area contributed by atoms with Gasteiger partial charge >= 0.3 is 6.09 Å². The molecule has 1 aromatic carbocycles. The number of carbonyl (C=O) groups excluding carboxylic acids is 1. The van der Waals surface area contributed by atoms with Gasteiger partial charge in [-0.05, 0) is 12.0 Å². The van der Waals surface area contributed by atoms with Crippen LogP contribution in [0.25, 0.3) is 0 Å². The van der Waals surface area contributed by atoms with Crippen molar-refractivity contribution >= 4 is 11.8 Å². The van der Waals surface area contributed by atoms with Crippen LogP contribution in [0.3, 0.4) is 0 Å². The predicted molar refractivity (Wildman–Crippen MR) is 59.7 cm³/mol. The molecule has 17 heavy (non-hydrogen) atoms. The van der Waals surface area contributed by atoms with Gasteiger partial charge in [0.15, 0.2) is 0 Å². The molecule has 0 spiro atoms. The van der Waals surface area contributed by atoms with E-state index < -0.39 is 4.92 Å². The second-order valence-corrected chi connectivity index (χ2v) is 3.97. The number of likely N-dealkylation sites (N-methyl/N-ethyl adjacent to an activating group) is 1. The quantitative estimate of drug-likeness (QED) is 0.590. The van der Waals surface area contributed by atoms with E-state index in [1.54, 1.807) is 24.1 Å². The van der Waals surface area contributed by atoms with E-state index in [4.69, 9.17) is 4.74 Å². The number of cyclic esters (lactones) is 1. The molecule has 1 aliphatic rings. The summed E-state index contributed by atoms with van der Waals surface area (Å²) in [4.78, 5) is 22.7. The molecule has 1 fully saturated rings. The Morgan fingerprint density at radius 1 is 1.47 bits per heavy atom. The van der Waals surface area contributed by atoms with Gasteiger partial charge in [-0.15, -0.1) is 0 Å². The third kappa shape index (κ3) is 2.35. The Kier molecular flexibility index (Phi) is 2.95. The Morgan fingerprint density at radius 3 is 2.59 bits per heavy atom. The molecule has 1 atom stereocenters. The number of nitro groups is 1. The first-order chi connectivity index (χ1) is 8.08. The van der Waals surface area contributed by atoms with Crippen LogP contribution in [-0.4, -0.2) is 35.6 Å². The number of carbonyl (C=O) groups is 1. The van der Waals surface area contributed by atoms with Gasteiger partial charge in [-0.2, -0.15) is 0 Å². The van der Waals surface area contributed by atoms with Gasteiger partial charge in [0.1, 0.15) is 6.61 Å². The van der Waals surface area contributed by atoms with Crippen LogP contribution in [0, 0.1) is 10.1 Å². The maximum absolute atomic E-state index is 11.1. The number of ether oxygens (including phenoxy) is 1. The second-order valence-electron chi connectivity index (χ2n) is 3.97. The van der Waals surface area contributed by atoms with Crippen molar-refractivity contribution in [3.8, 4) is 0 Å². The Balaban J connectivity index is 2.04. The summed E-state index contributed by atoms with van der Waals surface area (Å²) in [5.74, 6) is 0. The standard InChI is InChI=1S/C11H12N2O4/c1-12-10(7-17-11(12)14)6-8-2-4-9(5-3-8)13(15)16/h2-5,10H,6-7H2,1H3/t10-/m0/s1. The molecule has 90 valence electrons. The number of nitro benzene ring substituents is 1. The van der Waals surface area contributed by atoms with E-state index in [1.807, 2.05) is 0 Å². The van der Waals surface area contributed by atoms with Crippen LogP contribution < -0.4 is 0 Å². The average molecular weight is 236 g/mol. The fraction of sp³-hybridized carbons (Fsp3) is 0.364. The van der Waals surface area contributed by atoms with E-state index in [9.17, 15) is 14.9 Å². The Morgan fingerprint density at radius 2 is 2.12 bits per heavy atom. The van der Waals surface area contributed by atoms with E-state index in [2.05, 4.69) is 0 Å². The monoisotopic (exact) mass is 236 g/mol. The smallest absolute Gasteiger partial charge is 0.409 e. The van der Waals surface area contributed by atoms with Crippen molar-refractivity contribution in [2.24, 2.45) is 0 Å². The molecule has 0 saturated carbocycles. The van der Waals surface area contributed by atoms with Crippen LogP contribution in [0.15, 0.2) is 24.3 Å². The summed E-state index contributed by atoms with van der Waals surface area (Å²) in [6, 6.07) is 6.34. The average Bonchev–Trinajstić information content (AvgIpc) is 2.62. The molecule has 1 saturated heterocycles. The fourth-order valence-corrected chi connectivity index (χ4v) is 1.75. The first-order valence-corrected chi connectivity index (χ1v) is 5.21. The maximum Gasteiger partial charge on any atom is 0.409 e. The number of hydrogen-bond donors (Lipinski definition) is 0. The zero-order valence-corrected chi connectivity index (χ0v) is 9.33. The molecule has 0 N–H and O–H groups in total. The number of nitrogens with zero attached hydrogens (tertiary/aromatic N) is 2. The lowest BCUT2D eigenvalue weighted by atomic mass is 10.1. The maximum atomic E-state index is 11.1. The number of amides is 1. The highest BCUT2D eigenvalue weighted by Crippen LogP contribution is 2.17. The second kappa shape index (κ2) is 4.40. The molecule has 0 bridgehead atoms. The minimum atomic E-state index is -0.432. The molecule has 0 aromatic heterocycles. The molecule has 1 heterocycles. The predicted octanol–water partition coefficient (Wildman–Crippen LogP) is 1.59. The van der Waals surface area contributed by atoms with Crippen molar-refractivity contribution in [3.63, 3.8) is 0 Å². The summed E-state index contributed by atoms with van der Waals surface area (Å²) < 4.78 is 4.89. The van der Waals surface area contributed by atoms with Crippen LogP contribution in [0.5, 0.6) is 0 Å². The number of hydrogen-bond acceptors (Lipinski definition) is 4. The highest BCUT2D eigenvalue weighted by Gasteiger charge is 2.29. The summed E-state index contributed by atoms with van der Waals surface area (Å²) in [5, 5.41) is 10.5. The molecular formula is C11H12N2O4. The summed E-state index contributed by atoms with van der Waals surface area (Å²) in [6.07, 6.45) is 0.317. The molecule has 0 aliphatic carbocycles. The highest BCUT2D eigenvalue weighted by atomic mass is 16.6. The first kappa shape index (κ1) is 11.4. The van der Waals surface area contributed by atoms with Gasteiger partial charge in [0.2, 0.25) is 0 Å². The first-order valence-electron chi connectivity index (χ1n) is 5.21.